The van der Waals surface area contributed by atoms with E-state index in [1.54, 1.807) is 31.2 Å². The molecule has 2 aromatic heterocycles. The van der Waals surface area contributed by atoms with Gasteiger partial charge in [0.15, 0.2) is 11.5 Å². The van der Waals surface area contributed by atoms with Crippen molar-refractivity contribution >= 4 is 11.7 Å². The first kappa shape index (κ1) is 15.2. The van der Waals surface area contributed by atoms with Gasteiger partial charge in [-0.1, -0.05) is 0 Å². The molecule has 0 unspecified atom stereocenters. The Morgan fingerprint density at radius 1 is 1.29 bits per heavy atom. The molecule has 0 radical (unpaired) electrons. The molecule has 120 valence electrons. The number of nitrogens with two attached hydrogens (primary N) is 1. The number of tetrazole rings is 1. The van der Waals surface area contributed by atoms with Gasteiger partial charge in [-0.15, -0.1) is 15.0 Å². The highest BCUT2D eigenvalue weighted by molar-refractivity contribution is 5.95. The van der Waals surface area contributed by atoms with E-state index in [1.807, 2.05) is 6.07 Å². The molecule has 9 heteroatoms. The zero-order chi connectivity index (χ0) is 17.3. The molecule has 3 aromatic rings. The first-order valence-electron chi connectivity index (χ1n) is 6.92. The number of anilines is 1. The number of aromatic nitrogens is 5. The normalized spacial score (nSPS) is 10.4. The Balaban J connectivity index is 2.06. The van der Waals surface area contributed by atoms with Gasteiger partial charge in [-0.05, 0) is 36.4 Å². The molecule has 2 heterocycles. The van der Waals surface area contributed by atoms with Crippen LogP contribution in [0.5, 0.6) is 0 Å². The zero-order valence-electron chi connectivity index (χ0n) is 13.0. The maximum absolute atomic E-state index is 12.0. The lowest BCUT2D eigenvalue weighted by Gasteiger charge is -2.09. The minimum Gasteiger partial charge on any atom is -0.464 e. The Labute approximate surface area is 136 Å². The minimum atomic E-state index is -0.619. The lowest BCUT2D eigenvalue weighted by atomic mass is 10.2. The van der Waals surface area contributed by atoms with Crippen LogP contribution in [0, 0.1) is 18.3 Å². The Kier molecular flexibility index (Phi) is 3.71. The van der Waals surface area contributed by atoms with Gasteiger partial charge in [0.05, 0.1) is 24.0 Å². The molecule has 0 amide bonds. The zero-order valence-corrected chi connectivity index (χ0v) is 13.0. The van der Waals surface area contributed by atoms with Gasteiger partial charge in [0, 0.05) is 11.9 Å². The summed E-state index contributed by atoms with van der Waals surface area (Å²) < 4.78 is 6.27. The number of nitriles is 1. The summed E-state index contributed by atoms with van der Waals surface area (Å²) in [4.78, 5) is 13.4. The summed E-state index contributed by atoms with van der Waals surface area (Å²) >= 11 is 0. The van der Waals surface area contributed by atoms with Gasteiger partial charge in [-0.3, -0.25) is 0 Å². The van der Waals surface area contributed by atoms with E-state index in [2.05, 4.69) is 15.4 Å². The molecular weight excluding hydrogens is 310 g/mol. The number of nitrogen functional groups attached to an aromatic ring is 1. The molecule has 0 aliphatic heterocycles. The van der Waals surface area contributed by atoms with Crippen molar-refractivity contribution in [3.05, 3.63) is 47.5 Å². The molecule has 9 nitrogen and oxygen atoms in total. The molecule has 2 N–H and O–H groups in total. The molecule has 0 saturated carbocycles. The number of ether oxygens (including phenoxy) is 1. The first-order valence-corrected chi connectivity index (χ1v) is 6.92. The Bertz CT molecular complexity index is 947. The van der Waals surface area contributed by atoms with E-state index in [0.29, 0.717) is 17.2 Å². The second kappa shape index (κ2) is 5.85. The highest BCUT2D eigenvalue weighted by Crippen LogP contribution is 2.25. The van der Waals surface area contributed by atoms with Crippen LogP contribution in [0.1, 0.15) is 21.9 Å². The second-order valence-electron chi connectivity index (χ2n) is 4.92. The van der Waals surface area contributed by atoms with Crippen molar-refractivity contribution in [2.75, 3.05) is 12.8 Å². The monoisotopic (exact) mass is 323 g/mol. The molecule has 0 fully saturated rings. The molecule has 0 spiro atoms. The quantitative estimate of drug-likeness (QED) is 0.713. The molecule has 1 aromatic carbocycles. The fourth-order valence-corrected chi connectivity index (χ4v) is 2.26. The Morgan fingerprint density at radius 2 is 1.96 bits per heavy atom. The largest absolute Gasteiger partial charge is 0.464 e. The molecular formula is C15H13N7O2. The maximum atomic E-state index is 12.0. The lowest BCUT2D eigenvalue weighted by molar-refractivity contribution is 0.0593. The number of carbonyl (C=O) groups excluding carboxylic acids is 1. The number of nitrogens with zero attached hydrogens (tertiary/aromatic N) is 6. The summed E-state index contributed by atoms with van der Waals surface area (Å²) in [6, 6.07) is 8.99. The van der Waals surface area contributed by atoms with Crippen molar-refractivity contribution in [3.63, 3.8) is 0 Å². The van der Waals surface area contributed by atoms with Gasteiger partial charge in [-0.25, -0.2) is 4.79 Å². The van der Waals surface area contributed by atoms with E-state index in [-0.39, 0.29) is 16.9 Å². The molecule has 0 bridgehead atoms. The predicted octanol–water partition coefficient (Wildman–Crippen LogP) is 1.00. The summed E-state index contributed by atoms with van der Waals surface area (Å²) in [5, 5.41) is 21.0. The highest BCUT2D eigenvalue weighted by Gasteiger charge is 2.21. The average Bonchev–Trinajstić information content (AvgIpc) is 3.17. The number of benzene rings is 1. The third-order valence-electron chi connectivity index (χ3n) is 3.42. The van der Waals surface area contributed by atoms with E-state index in [1.165, 1.54) is 22.7 Å². The topological polar surface area (TPSA) is 125 Å². The Hall–Kier alpha value is -3.67. The third-order valence-corrected chi connectivity index (χ3v) is 3.42. The standard InChI is InChI=1S/C15H13N7O2/c1-9-18-20-22(19-9)12-5-3-11(4-6-12)21-8-10(7-16)13(17)14(21)15(23)24-2/h3-6,8H,17H2,1-2H3. The van der Waals surface area contributed by atoms with E-state index >= 15 is 0 Å². The van der Waals surface area contributed by atoms with Gasteiger partial charge in [0.25, 0.3) is 0 Å². The molecule has 0 aliphatic carbocycles. The smallest absolute Gasteiger partial charge is 0.357 e. The summed E-state index contributed by atoms with van der Waals surface area (Å²) in [7, 11) is 1.26. The van der Waals surface area contributed by atoms with Crippen LogP contribution < -0.4 is 5.73 Å². The van der Waals surface area contributed by atoms with Crippen LogP contribution in [0.2, 0.25) is 0 Å². The molecule has 0 saturated heterocycles. The maximum Gasteiger partial charge on any atom is 0.357 e. The number of carbonyl (C=O) groups is 1. The first-order chi connectivity index (χ1) is 11.5. The fourth-order valence-electron chi connectivity index (χ4n) is 2.26. The third kappa shape index (κ3) is 2.46. The molecule has 3 rings (SSSR count). The van der Waals surface area contributed by atoms with Crippen molar-refractivity contribution in [1.82, 2.24) is 24.8 Å². The second-order valence-corrected chi connectivity index (χ2v) is 4.92. The van der Waals surface area contributed by atoms with Crippen LogP contribution in [0.25, 0.3) is 11.4 Å². The van der Waals surface area contributed by atoms with Crippen molar-refractivity contribution in [1.29, 1.82) is 5.26 Å². The number of hydrogen-bond acceptors (Lipinski definition) is 7. The van der Waals surface area contributed by atoms with Crippen molar-refractivity contribution in [2.24, 2.45) is 0 Å². The summed E-state index contributed by atoms with van der Waals surface area (Å²) in [5.41, 5.74) is 7.62. The van der Waals surface area contributed by atoms with Gasteiger partial charge in [0.2, 0.25) is 0 Å². The summed E-state index contributed by atoms with van der Waals surface area (Å²) in [6.07, 6.45) is 1.49. The number of aryl methyl sites for hydroxylation is 1. The van der Waals surface area contributed by atoms with Crippen molar-refractivity contribution < 1.29 is 9.53 Å². The number of methoxy groups -OCH3 is 1. The number of hydrogen-bond donors (Lipinski definition) is 1. The van der Waals surface area contributed by atoms with Crippen LogP contribution in [-0.2, 0) is 4.74 Å². The van der Waals surface area contributed by atoms with Crippen LogP contribution in [0.15, 0.2) is 30.5 Å². The summed E-state index contributed by atoms with van der Waals surface area (Å²) in [6.45, 7) is 1.74. The SMILES string of the molecule is COC(=O)c1c(N)c(C#N)cn1-c1ccc(-n2nnc(C)n2)cc1. The average molecular weight is 323 g/mol. The number of rotatable bonds is 3. The minimum absolute atomic E-state index is 0.0852. The predicted molar refractivity (Wildman–Crippen MR) is 83.7 cm³/mol. The fraction of sp³-hybridized carbons (Fsp3) is 0.133. The van der Waals surface area contributed by atoms with Crippen LogP contribution in [-0.4, -0.2) is 37.9 Å². The molecule has 0 aliphatic rings. The molecule has 24 heavy (non-hydrogen) atoms. The van der Waals surface area contributed by atoms with Gasteiger partial charge in [-0.2, -0.15) is 5.26 Å². The van der Waals surface area contributed by atoms with Crippen LogP contribution in [0.3, 0.4) is 0 Å². The van der Waals surface area contributed by atoms with Crippen molar-refractivity contribution in [3.8, 4) is 17.4 Å². The summed E-state index contributed by atoms with van der Waals surface area (Å²) in [5.74, 6) is -0.0597. The number of esters is 1. The van der Waals surface area contributed by atoms with Crippen molar-refractivity contribution in [2.45, 2.75) is 6.92 Å². The van der Waals surface area contributed by atoms with E-state index in [0.717, 1.165) is 0 Å². The van der Waals surface area contributed by atoms with Gasteiger partial charge < -0.3 is 15.0 Å². The van der Waals surface area contributed by atoms with E-state index in [9.17, 15) is 4.79 Å². The molecule has 0 atom stereocenters. The highest BCUT2D eigenvalue weighted by atomic mass is 16.5. The van der Waals surface area contributed by atoms with E-state index < -0.39 is 5.97 Å². The van der Waals surface area contributed by atoms with Crippen LogP contribution in [0.4, 0.5) is 5.69 Å². The Morgan fingerprint density at radius 3 is 2.50 bits per heavy atom. The van der Waals surface area contributed by atoms with Gasteiger partial charge in [0.1, 0.15) is 6.07 Å². The van der Waals surface area contributed by atoms with Crippen LogP contribution >= 0.6 is 0 Å². The van der Waals surface area contributed by atoms with E-state index in [4.69, 9.17) is 15.7 Å². The lowest BCUT2D eigenvalue weighted by Crippen LogP contribution is -2.11. The van der Waals surface area contributed by atoms with Gasteiger partial charge >= 0.3 is 5.97 Å².